The summed E-state index contributed by atoms with van der Waals surface area (Å²) in [6.07, 6.45) is 3.55. The fraction of sp³-hybridized carbons (Fsp3) is 0.200. The van der Waals surface area contributed by atoms with Crippen LogP contribution < -0.4 is 5.32 Å². The molecule has 134 valence electrons. The first-order valence-electron chi connectivity index (χ1n) is 8.38. The molecule has 5 nitrogen and oxygen atoms in total. The third kappa shape index (κ3) is 4.69. The second-order valence-corrected chi connectivity index (χ2v) is 5.93. The zero-order chi connectivity index (χ0) is 18.4. The molecule has 1 amide bonds. The smallest absolute Gasteiger partial charge is 0.306 e. The van der Waals surface area contributed by atoms with Crippen molar-refractivity contribution in [3.8, 4) is 0 Å². The van der Waals surface area contributed by atoms with E-state index >= 15 is 0 Å². The first-order valence-corrected chi connectivity index (χ1v) is 8.38. The van der Waals surface area contributed by atoms with E-state index in [1.807, 2.05) is 30.5 Å². The Labute approximate surface area is 150 Å². The Hall–Kier alpha value is -3.15. The minimum absolute atomic E-state index is 0.229. The van der Waals surface area contributed by atoms with Crippen molar-refractivity contribution in [1.29, 1.82) is 0 Å². The summed E-state index contributed by atoms with van der Waals surface area (Å²) < 4.78 is 18.0. The van der Waals surface area contributed by atoms with E-state index in [9.17, 15) is 14.0 Å². The summed E-state index contributed by atoms with van der Waals surface area (Å²) in [4.78, 5) is 26.7. The number of nitrogens with one attached hydrogen (secondary N) is 2. The normalized spacial score (nSPS) is 10.7. The highest BCUT2D eigenvalue weighted by atomic mass is 19.1. The fourth-order valence-corrected chi connectivity index (χ4v) is 2.74. The highest BCUT2D eigenvalue weighted by molar-refractivity contribution is 5.92. The molecule has 0 saturated carbocycles. The van der Waals surface area contributed by atoms with E-state index in [1.54, 1.807) is 6.07 Å². The number of H-pyrrole nitrogens is 1. The van der Waals surface area contributed by atoms with Gasteiger partial charge in [0.25, 0.3) is 5.91 Å². The second kappa shape index (κ2) is 8.29. The molecule has 1 aromatic heterocycles. The molecule has 0 saturated heterocycles. The standard InChI is InChI=1S/C20H19FN2O3/c21-15-6-4-7-16(11-15)23-19(24)13-26-20(25)10-3-5-14-12-22-18-9-2-1-8-17(14)18/h1-2,4,6-9,11-12,22H,3,5,10,13H2,(H,23,24). The van der Waals surface area contributed by atoms with Crippen LogP contribution in [-0.4, -0.2) is 23.5 Å². The van der Waals surface area contributed by atoms with Gasteiger partial charge in [-0.1, -0.05) is 24.3 Å². The van der Waals surface area contributed by atoms with Crippen LogP contribution in [-0.2, 0) is 20.7 Å². The lowest BCUT2D eigenvalue weighted by atomic mass is 10.1. The topological polar surface area (TPSA) is 71.2 Å². The molecule has 0 spiro atoms. The maximum atomic E-state index is 13.0. The van der Waals surface area contributed by atoms with Gasteiger partial charge in [0.05, 0.1) is 0 Å². The third-order valence-electron chi connectivity index (χ3n) is 3.97. The number of aromatic nitrogens is 1. The molecule has 3 aromatic rings. The van der Waals surface area contributed by atoms with Crippen LogP contribution in [0.1, 0.15) is 18.4 Å². The number of rotatable bonds is 7. The zero-order valence-electron chi connectivity index (χ0n) is 14.1. The summed E-state index contributed by atoms with van der Waals surface area (Å²) in [5.41, 5.74) is 2.54. The number of para-hydroxylation sites is 1. The molecule has 0 radical (unpaired) electrons. The Morgan fingerprint density at radius 3 is 2.81 bits per heavy atom. The van der Waals surface area contributed by atoms with Crippen LogP contribution in [0.5, 0.6) is 0 Å². The van der Waals surface area contributed by atoms with Crippen molar-refractivity contribution in [2.24, 2.45) is 0 Å². The summed E-state index contributed by atoms with van der Waals surface area (Å²) in [5.74, 6) is -1.38. The number of carbonyl (C=O) groups is 2. The van der Waals surface area contributed by atoms with Crippen LogP contribution in [0, 0.1) is 5.82 Å². The Bertz CT molecular complexity index is 920. The Kier molecular flexibility index (Phi) is 5.63. The van der Waals surface area contributed by atoms with Gasteiger partial charge in [0.15, 0.2) is 6.61 Å². The summed E-state index contributed by atoms with van der Waals surface area (Å²) >= 11 is 0. The number of benzene rings is 2. The van der Waals surface area contributed by atoms with Crippen LogP contribution in [0.3, 0.4) is 0 Å². The number of amides is 1. The monoisotopic (exact) mass is 354 g/mol. The van der Waals surface area contributed by atoms with E-state index < -0.39 is 17.7 Å². The van der Waals surface area contributed by atoms with Gasteiger partial charge in [-0.05, 0) is 42.7 Å². The van der Waals surface area contributed by atoms with Gasteiger partial charge < -0.3 is 15.0 Å². The second-order valence-electron chi connectivity index (χ2n) is 5.93. The largest absolute Gasteiger partial charge is 0.456 e. The minimum Gasteiger partial charge on any atom is -0.456 e. The highest BCUT2D eigenvalue weighted by Gasteiger charge is 2.09. The van der Waals surface area contributed by atoms with Crippen LogP contribution in [0.15, 0.2) is 54.7 Å². The van der Waals surface area contributed by atoms with Crippen molar-refractivity contribution in [2.75, 3.05) is 11.9 Å². The van der Waals surface area contributed by atoms with Crippen LogP contribution in [0.25, 0.3) is 10.9 Å². The van der Waals surface area contributed by atoms with Gasteiger partial charge in [-0.25, -0.2) is 4.39 Å². The van der Waals surface area contributed by atoms with Crippen molar-refractivity contribution >= 4 is 28.5 Å². The molecule has 0 fully saturated rings. The number of hydrogen-bond donors (Lipinski definition) is 2. The number of aryl methyl sites for hydroxylation is 1. The predicted octanol–water partition coefficient (Wildman–Crippen LogP) is 3.81. The molecule has 3 rings (SSSR count). The van der Waals surface area contributed by atoms with E-state index in [-0.39, 0.29) is 13.0 Å². The van der Waals surface area contributed by atoms with Crippen molar-refractivity contribution in [3.05, 3.63) is 66.1 Å². The van der Waals surface area contributed by atoms with E-state index in [1.165, 1.54) is 18.2 Å². The molecule has 1 heterocycles. The highest BCUT2D eigenvalue weighted by Crippen LogP contribution is 2.19. The number of anilines is 1. The van der Waals surface area contributed by atoms with Crippen LogP contribution in [0.4, 0.5) is 10.1 Å². The average molecular weight is 354 g/mol. The molecule has 0 bridgehead atoms. The zero-order valence-corrected chi connectivity index (χ0v) is 14.1. The van der Waals surface area contributed by atoms with E-state index in [0.29, 0.717) is 12.1 Å². The molecule has 0 unspecified atom stereocenters. The molecule has 2 N–H and O–H groups in total. The van der Waals surface area contributed by atoms with Gasteiger partial charge in [0.2, 0.25) is 0 Å². The number of ether oxygens (including phenoxy) is 1. The molecule has 0 aliphatic heterocycles. The summed E-state index contributed by atoms with van der Waals surface area (Å²) in [6.45, 7) is -0.386. The number of halogens is 1. The Morgan fingerprint density at radius 1 is 1.12 bits per heavy atom. The lowest BCUT2D eigenvalue weighted by molar-refractivity contribution is -0.147. The summed E-state index contributed by atoms with van der Waals surface area (Å²) in [6, 6.07) is 13.5. The first-order chi connectivity index (χ1) is 12.6. The molecular formula is C20H19FN2O3. The predicted molar refractivity (Wildman–Crippen MR) is 97.2 cm³/mol. The van der Waals surface area contributed by atoms with Gasteiger partial charge in [0, 0.05) is 29.2 Å². The van der Waals surface area contributed by atoms with Gasteiger partial charge in [-0.3, -0.25) is 9.59 Å². The maximum absolute atomic E-state index is 13.0. The first kappa shape index (κ1) is 17.7. The molecular weight excluding hydrogens is 335 g/mol. The third-order valence-corrected chi connectivity index (χ3v) is 3.97. The number of aromatic amines is 1. The minimum atomic E-state index is -0.499. The molecule has 2 aromatic carbocycles. The molecule has 26 heavy (non-hydrogen) atoms. The SMILES string of the molecule is O=C(COC(=O)CCCc1c[nH]c2ccccc12)Nc1cccc(F)c1. The van der Waals surface area contributed by atoms with Gasteiger partial charge in [0.1, 0.15) is 5.82 Å². The number of fused-ring (bicyclic) bond motifs is 1. The molecule has 0 aliphatic rings. The Morgan fingerprint density at radius 2 is 1.96 bits per heavy atom. The van der Waals surface area contributed by atoms with Crippen molar-refractivity contribution in [3.63, 3.8) is 0 Å². The van der Waals surface area contributed by atoms with Crippen molar-refractivity contribution in [2.45, 2.75) is 19.3 Å². The maximum Gasteiger partial charge on any atom is 0.306 e. The molecule has 0 aliphatic carbocycles. The van der Waals surface area contributed by atoms with E-state index in [2.05, 4.69) is 10.3 Å². The number of hydrogen-bond acceptors (Lipinski definition) is 3. The number of esters is 1. The van der Waals surface area contributed by atoms with Gasteiger partial charge in [-0.15, -0.1) is 0 Å². The van der Waals surface area contributed by atoms with Crippen LogP contribution in [0.2, 0.25) is 0 Å². The van der Waals surface area contributed by atoms with Crippen molar-refractivity contribution < 1.29 is 18.7 Å². The van der Waals surface area contributed by atoms with Gasteiger partial charge >= 0.3 is 5.97 Å². The van der Waals surface area contributed by atoms with E-state index in [4.69, 9.17) is 4.74 Å². The quantitative estimate of drug-likeness (QED) is 0.634. The van der Waals surface area contributed by atoms with Crippen molar-refractivity contribution in [1.82, 2.24) is 4.98 Å². The molecule has 6 heteroatoms. The van der Waals surface area contributed by atoms with E-state index in [0.717, 1.165) is 22.9 Å². The summed E-state index contributed by atoms with van der Waals surface area (Å²) in [5, 5.41) is 3.62. The lowest BCUT2D eigenvalue weighted by Gasteiger charge is -2.06. The van der Waals surface area contributed by atoms with Gasteiger partial charge in [-0.2, -0.15) is 0 Å². The molecule has 0 atom stereocenters. The summed E-state index contributed by atoms with van der Waals surface area (Å²) in [7, 11) is 0. The lowest BCUT2D eigenvalue weighted by Crippen LogP contribution is -2.20. The van der Waals surface area contributed by atoms with Crippen LogP contribution >= 0.6 is 0 Å². The fourth-order valence-electron chi connectivity index (χ4n) is 2.74. The average Bonchev–Trinajstić information content (AvgIpc) is 3.03. The number of carbonyl (C=O) groups excluding carboxylic acids is 2. The Balaban J connectivity index is 1.39.